The fraction of sp³-hybridized carbons (Fsp3) is 0.320. The van der Waals surface area contributed by atoms with Gasteiger partial charge in [0.25, 0.3) is 5.56 Å². The number of likely N-dealkylation sites (N-methyl/N-ethyl adjacent to an activating group) is 1. The Morgan fingerprint density at radius 3 is 2.43 bits per heavy atom. The quantitative estimate of drug-likeness (QED) is 0.557. The minimum absolute atomic E-state index is 0.0736. The molecule has 0 atom stereocenters. The van der Waals surface area contributed by atoms with E-state index in [2.05, 4.69) is 21.9 Å². The van der Waals surface area contributed by atoms with Gasteiger partial charge in [-0.15, -0.1) is 0 Å². The van der Waals surface area contributed by atoms with Crippen LogP contribution in [0.2, 0.25) is 0 Å². The molecule has 1 aliphatic rings. The summed E-state index contributed by atoms with van der Waals surface area (Å²) in [6.45, 7) is 4.70. The number of hydrogen-bond acceptors (Lipinski definition) is 5. The highest BCUT2D eigenvalue weighted by molar-refractivity contribution is 5.86. The first kappa shape index (κ1) is 24.5. The van der Waals surface area contributed by atoms with Crippen LogP contribution in [0.1, 0.15) is 5.56 Å². The van der Waals surface area contributed by atoms with Gasteiger partial charge in [0, 0.05) is 62.7 Å². The van der Waals surface area contributed by atoms with Crippen LogP contribution in [0.4, 0.5) is 19.3 Å². The monoisotopic (exact) mass is 483 g/mol. The third-order valence-corrected chi connectivity index (χ3v) is 6.05. The number of carboxylic acid groups (broad SMARTS) is 1. The van der Waals surface area contributed by atoms with Crippen molar-refractivity contribution in [3.8, 4) is 11.3 Å². The number of anilines is 1. The van der Waals surface area contributed by atoms with E-state index in [1.54, 1.807) is 24.3 Å². The van der Waals surface area contributed by atoms with Gasteiger partial charge in [-0.05, 0) is 42.9 Å². The van der Waals surface area contributed by atoms with Crippen molar-refractivity contribution in [2.45, 2.75) is 6.54 Å². The molecular formula is C25H27F2N5O3. The van der Waals surface area contributed by atoms with Gasteiger partial charge in [0.2, 0.25) is 0 Å². The Kier molecular flexibility index (Phi) is 7.52. The van der Waals surface area contributed by atoms with Gasteiger partial charge in [-0.2, -0.15) is 5.10 Å². The average Bonchev–Trinajstić information content (AvgIpc) is 2.81. The van der Waals surface area contributed by atoms with Crippen molar-refractivity contribution >= 4 is 11.8 Å². The van der Waals surface area contributed by atoms with Crippen molar-refractivity contribution in [2.24, 2.45) is 0 Å². The lowest BCUT2D eigenvalue weighted by Gasteiger charge is -2.33. The summed E-state index contributed by atoms with van der Waals surface area (Å²) in [5, 5.41) is 14.1. The number of benzene rings is 2. The van der Waals surface area contributed by atoms with Crippen LogP contribution in [0.5, 0.6) is 0 Å². The van der Waals surface area contributed by atoms with Gasteiger partial charge in [-0.3, -0.25) is 14.6 Å². The topological polar surface area (TPSA) is 81.9 Å². The molecule has 0 saturated carbocycles. The summed E-state index contributed by atoms with van der Waals surface area (Å²) in [5.74, 6) is -1.48. The highest BCUT2D eigenvalue weighted by atomic mass is 19.1. The molecule has 3 aromatic rings. The molecule has 4 rings (SSSR count). The van der Waals surface area contributed by atoms with Gasteiger partial charge in [-0.1, -0.05) is 12.1 Å². The smallest absolute Gasteiger partial charge is 0.411 e. The van der Waals surface area contributed by atoms with E-state index in [0.717, 1.165) is 44.4 Å². The standard InChI is InChI=1S/C25H27F2N5O3/c1-29-7-9-30(10-8-29)11-12-31(25(34)35)22-4-2-3-18(13-22)17-32-24(33)6-5-23(28-32)19-14-20(26)16-21(27)15-19/h2-6,13-16H,7-12,17H2,1H3,(H,34,35). The van der Waals surface area contributed by atoms with Crippen molar-refractivity contribution < 1.29 is 18.7 Å². The molecule has 1 aliphatic heterocycles. The van der Waals surface area contributed by atoms with Crippen LogP contribution in [-0.2, 0) is 6.54 Å². The minimum Gasteiger partial charge on any atom is -0.465 e. The van der Waals surface area contributed by atoms with Gasteiger partial charge in [0.05, 0.1) is 12.2 Å². The van der Waals surface area contributed by atoms with Crippen LogP contribution < -0.4 is 10.5 Å². The highest BCUT2D eigenvalue weighted by Gasteiger charge is 2.19. The van der Waals surface area contributed by atoms with Crippen molar-refractivity contribution in [3.63, 3.8) is 0 Å². The third-order valence-electron chi connectivity index (χ3n) is 6.05. The number of rotatable bonds is 7. The summed E-state index contributed by atoms with van der Waals surface area (Å²) in [7, 11) is 2.07. The molecule has 1 N–H and O–H groups in total. The summed E-state index contributed by atoms with van der Waals surface area (Å²) in [6.07, 6.45) is -1.05. The van der Waals surface area contributed by atoms with Gasteiger partial charge >= 0.3 is 6.09 Å². The van der Waals surface area contributed by atoms with Gasteiger partial charge in [0.1, 0.15) is 11.6 Å². The van der Waals surface area contributed by atoms with Crippen LogP contribution in [0.15, 0.2) is 59.4 Å². The fourth-order valence-corrected chi connectivity index (χ4v) is 4.06. The van der Waals surface area contributed by atoms with E-state index >= 15 is 0 Å². The molecule has 1 amide bonds. The maximum absolute atomic E-state index is 13.6. The first-order chi connectivity index (χ1) is 16.8. The van der Waals surface area contributed by atoms with E-state index in [0.29, 0.717) is 24.3 Å². The summed E-state index contributed by atoms with van der Waals surface area (Å²) >= 11 is 0. The Morgan fingerprint density at radius 1 is 1.03 bits per heavy atom. The summed E-state index contributed by atoms with van der Waals surface area (Å²) in [5.41, 5.74) is 1.25. The molecule has 0 spiro atoms. The first-order valence-electron chi connectivity index (χ1n) is 11.3. The van der Waals surface area contributed by atoms with Crippen LogP contribution in [-0.4, -0.2) is 77.1 Å². The molecule has 8 nitrogen and oxygen atoms in total. The van der Waals surface area contributed by atoms with E-state index < -0.39 is 17.7 Å². The molecule has 35 heavy (non-hydrogen) atoms. The van der Waals surface area contributed by atoms with E-state index in [-0.39, 0.29) is 23.4 Å². The summed E-state index contributed by atoms with van der Waals surface area (Å²) in [6, 6.07) is 12.7. The molecule has 0 bridgehead atoms. The molecular weight excluding hydrogens is 456 g/mol. The Labute approximate surface area is 201 Å². The SMILES string of the molecule is CN1CCN(CCN(C(=O)O)c2cccc(Cn3nc(-c4cc(F)cc(F)c4)ccc3=O)c2)CC1. The fourth-order valence-electron chi connectivity index (χ4n) is 4.06. The maximum atomic E-state index is 13.6. The average molecular weight is 484 g/mol. The minimum atomic E-state index is -1.05. The molecule has 0 aliphatic carbocycles. The van der Waals surface area contributed by atoms with Gasteiger partial charge in [-0.25, -0.2) is 18.3 Å². The Bertz CT molecular complexity index is 1240. The zero-order chi connectivity index (χ0) is 24.9. The lowest BCUT2D eigenvalue weighted by atomic mass is 10.1. The predicted molar refractivity (Wildman–Crippen MR) is 129 cm³/mol. The number of carbonyl (C=O) groups is 1. The van der Waals surface area contributed by atoms with Crippen LogP contribution in [0.3, 0.4) is 0 Å². The summed E-state index contributed by atoms with van der Waals surface area (Å²) in [4.78, 5) is 30.2. The molecule has 0 radical (unpaired) electrons. The van der Waals surface area contributed by atoms with E-state index in [1.165, 1.54) is 21.7 Å². The Hall–Kier alpha value is -3.63. The molecule has 10 heteroatoms. The number of halogens is 2. The third kappa shape index (κ3) is 6.28. The largest absolute Gasteiger partial charge is 0.465 e. The molecule has 2 heterocycles. The highest BCUT2D eigenvalue weighted by Crippen LogP contribution is 2.20. The van der Waals surface area contributed by atoms with Gasteiger partial charge in [0.15, 0.2) is 0 Å². The summed E-state index contributed by atoms with van der Waals surface area (Å²) < 4.78 is 28.4. The molecule has 1 fully saturated rings. The zero-order valence-corrected chi connectivity index (χ0v) is 19.4. The van der Waals surface area contributed by atoms with Crippen molar-refractivity contribution in [2.75, 3.05) is 51.2 Å². The van der Waals surface area contributed by atoms with Crippen molar-refractivity contribution in [1.29, 1.82) is 0 Å². The lowest BCUT2D eigenvalue weighted by molar-refractivity contribution is 0.155. The molecule has 1 saturated heterocycles. The first-order valence-corrected chi connectivity index (χ1v) is 11.3. The molecule has 0 unspecified atom stereocenters. The second kappa shape index (κ2) is 10.7. The molecule has 1 aromatic heterocycles. The number of piperazine rings is 1. The number of hydrogen-bond donors (Lipinski definition) is 1. The van der Waals surface area contributed by atoms with E-state index in [4.69, 9.17) is 0 Å². The maximum Gasteiger partial charge on any atom is 0.411 e. The number of nitrogens with zero attached hydrogens (tertiary/aromatic N) is 5. The predicted octanol–water partition coefficient (Wildman–Crippen LogP) is 2.97. The number of amides is 1. The van der Waals surface area contributed by atoms with E-state index in [1.807, 2.05) is 0 Å². The zero-order valence-electron chi connectivity index (χ0n) is 19.4. The second-order valence-electron chi connectivity index (χ2n) is 8.62. The number of aromatic nitrogens is 2. The van der Waals surface area contributed by atoms with Gasteiger partial charge < -0.3 is 10.0 Å². The van der Waals surface area contributed by atoms with Crippen molar-refractivity contribution in [1.82, 2.24) is 19.6 Å². The molecule has 184 valence electrons. The Balaban J connectivity index is 1.52. The van der Waals surface area contributed by atoms with Crippen molar-refractivity contribution in [3.05, 3.63) is 82.1 Å². The second-order valence-corrected chi connectivity index (χ2v) is 8.62. The normalized spacial score (nSPS) is 14.7. The van der Waals surface area contributed by atoms with E-state index in [9.17, 15) is 23.5 Å². The Morgan fingerprint density at radius 2 is 1.74 bits per heavy atom. The lowest BCUT2D eigenvalue weighted by Crippen LogP contribution is -2.47. The van der Waals surface area contributed by atoms with Crippen LogP contribution in [0.25, 0.3) is 11.3 Å². The van der Waals surface area contributed by atoms with Crippen LogP contribution >= 0.6 is 0 Å². The van der Waals surface area contributed by atoms with Crippen LogP contribution in [0, 0.1) is 11.6 Å². The molecule has 2 aromatic carbocycles.